The molecule has 0 amide bonds. The molecule has 0 saturated carbocycles. The Hall–Kier alpha value is -1.52. The highest BCUT2D eigenvalue weighted by Crippen LogP contribution is 2.41. The number of carboxylic acid groups (broad SMARTS) is 1. The van der Waals surface area contributed by atoms with E-state index in [-0.39, 0.29) is 6.20 Å². The second kappa shape index (κ2) is 5.46. The van der Waals surface area contributed by atoms with E-state index < -0.39 is 46.4 Å². The first-order valence-corrected chi connectivity index (χ1v) is 5.73. The molecule has 1 aromatic rings. The third-order valence-electron chi connectivity index (χ3n) is 1.99. The first-order chi connectivity index (χ1) is 8.97. The van der Waals surface area contributed by atoms with E-state index in [0.29, 0.717) is 0 Å². The summed E-state index contributed by atoms with van der Waals surface area (Å²) >= 11 is 2.62. The third kappa shape index (κ3) is 3.74. The number of aromatic carboxylic acids is 1. The lowest BCUT2D eigenvalue weighted by molar-refractivity contribution is -0.276. The number of ether oxygens (including phenoxy) is 1. The summed E-state index contributed by atoms with van der Waals surface area (Å²) in [5, 5.41) is 8.10. The van der Waals surface area contributed by atoms with Crippen molar-refractivity contribution in [2.75, 3.05) is 0 Å². The molecule has 0 aliphatic carbocycles. The summed E-state index contributed by atoms with van der Waals surface area (Å²) in [6.45, 7) is 0. The SMILES string of the molecule is O=C(O)c1ncc(C(F)(F)F)c(OC(F)(F)F)c1CBr. The van der Waals surface area contributed by atoms with Crippen LogP contribution in [0.3, 0.4) is 0 Å². The van der Waals surface area contributed by atoms with Crippen molar-refractivity contribution in [3.8, 4) is 5.75 Å². The zero-order valence-electron chi connectivity index (χ0n) is 9.14. The van der Waals surface area contributed by atoms with Gasteiger partial charge in [0.05, 0.1) is 0 Å². The molecular weight excluding hydrogens is 364 g/mol. The number of alkyl halides is 7. The molecule has 20 heavy (non-hydrogen) atoms. The molecule has 0 aliphatic rings. The zero-order chi connectivity index (χ0) is 15.7. The lowest BCUT2D eigenvalue weighted by Crippen LogP contribution is -2.23. The first kappa shape index (κ1) is 16.5. The zero-order valence-corrected chi connectivity index (χ0v) is 10.7. The van der Waals surface area contributed by atoms with Crippen molar-refractivity contribution in [2.24, 2.45) is 0 Å². The van der Waals surface area contributed by atoms with E-state index in [2.05, 4.69) is 25.7 Å². The van der Waals surface area contributed by atoms with Crippen molar-refractivity contribution in [3.05, 3.63) is 23.0 Å². The topological polar surface area (TPSA) is 59.4 Å². The van der Waals surface area contributed by atoms with Gasteiger partial charge >= 0.3 is 18.5 Å². The largest absolute Gasteiger partial charge is 0.573 e. The van der Waals surface area contributed by atoms with Crippen molar-refractivity contribution in [1.82, 2.24) is 4.98 Å². The van der Waals surface area contributed by atoms with E-state index in [1.165, 1.54) is 0 Å². The van der Waals surface area contributed by atoms with E-state index in [4.69, 9.17) is 5.11 Å². The Morgan fingerprint density at radius 3 is 2.20 bits per heavy atom. The van der Waals surface area contributed by atoms with Crippen molar-refractivity contribution >= 4 is 21.9 Å². The monoisotopic (exact) mass is 367 g/mol. The fourth-order valence-corrected chi connectivity index (χ4v) is 1.80. The van der Waals surface area contributed by atoms with E-state index >= 15 is 0 Å². The molecule has 1 rings (SSSR count). The summed E-state index contributed by atoms with van der Waals surface area (Å²) in [5.74, 6) is -3.41. The minimum absolute atomic E-state index is 0.0172. The molecule has 1 heterocycles. The van der Waals surface area contributed by atoms with Crippen LogP contribution >= 0.6 is 15.9 Å². The molecule has 0 fully saturated rings. The van der Waals surface area contributed by atoms with Gasteiger partial charge in [-0.3, -0.25) is 0 Å². The van der Waals surface area contributed by atoms with Crippen LogP contribution in [0.5, 0.6) is 5.75 Å². The van der Waals surface area contributed by atoms with Gasteiger partial charge in [-0.2, -0.15) is 13.2 Å². The van der Waals surface area contributed by atoms with Gasteiger partial charge in [-0.05, 0) is 0 Å². The van der Waals surface area contributed by atoms with Gasteiger partial charge in [0, 0.05) is 17.1 Å². The van der Waals surface area contributed by atoms with E-state index in [1.54, 1.807) is 0 Å². The maximum absolute atomic E-state index is 12.6. The van der Waals surface area contributed by atoms with Gasteiger partial charge in [0.2, 0.25) is 0 Å². The lowest BCUT2D eigenvalue weighted by Gasteiger charge is -2.18. The summed E-state index contributed by atoms with van der Waals surface area (Å²) in [7, 11) is 0. The van der Waals surface area contributed by atoms with Crippen LogP contribution in [0.25, 0.3) is 0 Å². The van der Waals surface area contributed by atoms with Gasteiger partial charge in [0.1, 0.15) is 11.3 Å². The van der Waals surface area contributed by atoms with Crippen LogP contribution in [0.1, 0.15) is 21.6 Å². The maximum atomic E-state index is 12.6. The summed E-state index contributed by atoms with van der Waals surface area (Å²) in [4.78, 5) is 13.8. The molecule has 0 saturated heterocycles. The summed E-state index contributed by atoms with van der Waals surface area (Å²) in [6, 6.07) is 0. The first-order valence-electron chi connectivity index (χ1n) is 4.61. The number of nitrogens with zero attached hydrogens (tertiary/aromatic N) is 1. The molecular formula is C9H4BrF6NO3. The lowest BCUT2D eigenvalue weighted by atomic mass is 10.1. The number of hydrogen-bond donors (Lipinski definition) is 1. The van der Waals surface area contributed by atoms with Gasteiger partial charge in [-0.25, -0.2) is 9.78 Å². The van der Waals surface area contributed by atoms with Crippen LogP contribution in [-0.2, 0) is 11.5 Å². The fourth-order valence-electron chi connectivity index (χ4n) is 1.28. The number of hydrogen-bond acceptors (Lipinski definition) is 3. The van der Waals surface area contributed by atoms with Crippen LogP contribution in [0.2, 0.25) is 0 Å². The molecule has 112 valence electrons. The van der Waals surface area contributed by atoms with Crippen LogP contribution in [0, 0.1) is 0 Å². The van der Waals surface area contributed by atoms with Crippen LogP contribution < -0.4 is 4.74 Å². The van der Waals surface area contributed by atoms with Crippen molar-refractivity contribution in [3.63, 3.8) is 0 Å². The predicted molar refractivity (Wildman–Crippen MR) is 55.5 cm³/mol. The third-order valence-corrected chi connectivity index (χ3v) is 2.55. The predicted octanol–water partition coefficient (Wildman–Crippen LogP) is 3.59. The Balaban J connectivity index is 3.60. The molecule has 0 aliphatic heterocycles. The van der Waals surface area contributed by atoms with Crippen molar-refractivity contribution < 1.29 is 41.0 Å². The Labute approximate surface area is 115 Å². The molecule has 0 unspecified atom stereocenters. The molecule has 0 aromatic carbocycles. The second-order valence-electron chi connectivity index (χ2n) is 3.31. The summed E-state index contributed by atoms with van der Waals surface area (Å²) < 4.78 is 77.7. The number of pyridine rings is 1. The fraction of sp³-hybridized carbons (Fsp3) is 0.333. The quantitative estimate of drug-likeness (QED) is 0.655. The van der Waals surface area contributed by atoms with Gasteiger partial charge in [-0.15, -0.1) is 13.2 Å². The van der Waals surface area contributed by atoms with E-state index in [9.17, 15) is 31.1 Å². The molecule has 0 spiro atoms. The second-order valence-corrected chi connectivity index (χ2v) is 3.87. The smallest absolute Gasteiger partial charge is 0.476 e. The number of rotatable bonds is 3. The Kier molecular flexibility index (Phi) is 4.52. The highest BCUT2D eigenvalue weighted by atomic mass is 79.9. The van der Waals surface area contributed by atoms with Gasteiger partial charge < -0.3 is 9.84 Å². The minimum atomic E-state index is -5.41. The Bertz CT molecular complexity index is 528. The van der Waals surface area contributed by atoms with Crippen LogP contribution in [-0.4, -0.2) is 22.4 Å². The molecule has 1 N–H and O–H groups in total. The highest BCUT2D eigenvalue weighted by Gasteiger charge is 2.42. The molecule has 4 nitrogen and oxygen atoms in total. The Morgan fingerprint density at radius 1 is 1.30 bits per heavy atom. The minimum Gasteiger partial charge on any atom is -0.476 e. The number of carboxylic acids is 1. The summed E-state index contributed by atoms with van der Waals surface area (Å²) in [6.07, 6.45) is -10.6. The van der Waals surface area contributed by atoms with E-state index in [1.807, 2.05) is 0 Å². The summed E-state index contributed by atoms with van der Waals surface area (Å²) in [5.41, 5.74) is -3.63. The van der Waals surface area contributed by atoms with Gasteiger partial charge in [0.15, 0.2) is 5.69 Å². The molecule has 0 bridgehead atoms. The van der Waals surface area contributed by atoms with Gasteiger partial charge in [0.25, 0.3) is 0 Å². The molecule has 11 heteroatoms. The average molecular weight is 368 g/mol. The maximum Gasteiger partial charge on any atom is 0.573 e. The normalized spacial score (nSPS) is 12.3. The molecule has 0 atom stereocenters. The van der Waals surface area contributed by atoms with Crippen molar-refractivity contribution in [2.45, 2.75) is 17.9 Å². The molecule has 1 aromatic heterocycles. The number of aromatic nitrogens is 1. The Morgan fingerprint density at radius 2 is 1.85 bits per heavy atom. The standard InChI is InChI=1S/C9H4BrF6NO3/c10-1-3-5(7(18)19)17-2-4(8(11,12)13)6(3)20-9(14,15)16/h2H,1H2,(H,18,19). The van der Waals surface area contributed by atoms with Gasteiger partial charge in [-0.1, -0.05) is 15.9 Å². The number of carbonyl (C=O) groups is 1. The average Bonchev–Trinajstić information content (AvgIpc) is 2.24. The molecule has 0 radical (unpaired) electrons. The number of halogens is 7. The van der Waals surface area contributed by atoms with Crippen molar-refractivity contribution in [1.29, 1.82) is 0 Å². The highest BCUT2D eigenvalue weighted by molar-refractivity contribution is 9.08. The van der Waals surface area contributed by atoms with E-state index in [0.717, 1.165) is 0 Å². The van der Waals surface area contributed by atoms with Crippen LogP contribution in [0.4, 0.5) is 26.3 Å². The van der Waals surface area contributed by atoms with Crippen LogP contribution in [0.15, 0.2) is 6.20 Å².